The third-order valence-electron chi connectivity index (χ3n) is 4.44. The number of alkyl halides is 1. The van der Waals surface area contributed by atoms with Crippen LogP contribution < -0.4 is 9.47 Å². The summed E-state index contributed by atoms with van der Waals surface area (Å²) in [7, 11) is 0. The van der Waals surface area contributed by atoms with E-state index in [4.69, 9.17) is 23.8 Å². The molecule has 0 atom stereocenters. The first-order valence-corrected chi connectivity index (χ1v) is 11.8. The van der Waals surface area contributed by atoms with Crippen molar-refractivity contribution >= 4 is 13.1 Å². The molecule has 11 heteroatoms. The average molecular weight is 559 g/mol. The summed E-state index contributed by atoms with van der Waals surface area (Å²) in [5.74, 6) is 0.729. The van der Waals surface area contributed by atoms with Crippen LogP contribution in [0.15, 0.2) is 61.7 Å². The van der Waals surface area contributed by atoms with Gasteiger partial charge in [-0.05, 0) is 87.2 Å². The number of benzene rings is 2. The van der Waals surface area contributed by atoms with E-state index in [1.165, 1.54) is 6.08 Å². The molecule has 0 heterocycles. The van der Waals surface area contributed by atoms with Crippen LogP contribution >= 0.6 is 0 Å². The average Bonchev–Trinajstić information content (AvgIpc) is 2.97. The van der Waals surface area contributed by atoms with Gasteiger partial charge in [-0.1, -0.05) is 37.8 Å². The molecule has 0 amide bonds. The van der Waals surface area contributed by atoms with Crippen molar-refractivity contribution in [3.8, 4) is 22.6 Å². The van der Waals surface area contributed by atoms with Crippen molar-refractivity contribution in [1.29, 1.82) is 0 Å². The second kappa shape index (κ2) is 27.5. The molecule has 0 fully saturated rings. The standard InChI is InChI=1S/C21H25F3O6.C3H4O.C3H6.CH2O/c1-2-17-9-16(5-3-4-8-22)6-7-21(17)18-10-19(26-13-25-14-28-23)12-20(11-18)27-15-29-30-24;1-2-3-4;1-3-2;1-2/h6-7,9-12H,2-5,8,13-15H2,1H3;2-3H,1H2;3H,1H2,2H3;1H2. The SMILES string of the molecule is C=CC.C=CC=O.C=O.CCc1cc(CCCCF)ccc1-c1cc(OCOCOF)cc(OCOOF)c1. The van der Waals surface area contributed by atoms with Gasteiger partial charge >= 0.3 is 0 Å². The second-order valence-corrected chi connectivity index (χ2v) is 7.10. The minimum Gasteiger partial charge on any atom is -0.467 e. The highest BCUT2D eigenvalue weighted by Crippen LogP contribution is 2.33. The zero-order valence-corrected chi connectivity index (χ0v) is 22.4. The number of carbonyl (C=O) groups excluding carboxylic acids is 2. The second-order valence-electron chi connectivity index (χ2n) is 7.10. The normalized spacial score (nSPS) is 9.36. The smallest absolute Gasteiger partial charge is 0.224 e. The minimum absolute atomic E-state index is 0.245. The Morgan fingerprint density at radius 2 is 1.54 bits per heavy atom. The van der Waals surface area contributed by atoms with E-state index in [1.54, 1.807) is 24.3 Å². The summed E-state index contributed by atoms with van der Waals surface area (Å²) in [6, 6.07) is 11.2. The summed E-state index contributed by atoms with van der Waals surface area (Å²) in [6.45, 7) is 10.8. The molecule has 0 N–H and O–H groups in total. The van der Waals surface area contributed by atoms with Crippen molar-refractivity contribution in [2.75, 3.05) is 27.1 Å². The van der Waals surface area contributed by atoms with Crippen molar-refractivity contribution in [2.45, 2.75) is 39.5 Å². The van der Waals surface area contributed by atoms with Gasteiger partial charge in [-0.15, -0.1) is 6.58 Å². The Hall–Kier alpha value is -3.51. The maximum absolute atomic E-state index is 12.3. The fourth-order valence-corrected chi connectivity index (χ4v) is 2.98. The van der Waals surface area contributed by atoms with Crippen molar-refractivity contribution in [3.63, 3.8) is 0 Å². The number of allylic oxidation sites excluding steroid dienone is 2. The molecule has 0 radical (unpaired) electrons. The Bertz CT molecular complexity index is 906. The number of hydrogen-bond acceptors (Lipinski definition) is 8. The number of aldehydes is 1. The largest absolute Gasteiger partial charge is 0.467 e. The van der Waals surface area contributed by atoms with E-state index >= 15 is 0 Å². The summed E-state index contributed by atoms with van der Waals surface area (Å²) < 4.78 is 51.3. The molecule has 0 aliphatic heterocycles. The van der Waals surface area contributed by atoms with Gasteiger partial charge < -0.3 is 19.0 Å². The number of aryl methyl sites for hydroxylation is 2. The Morgan fingerprint density at radius 1 is 0.923 bits per heavy atom. The van der Waals surface area contributed by atoms with E-state index in [1.807, 2.05) is 32.8 Å². The van der Waals surface area contributed by atoms with Gasteiger partial charge in [-0.25, -0.2) is 0 Å². The van der Waals surface area contributed by atoms with Gasteiger partial charge in [-0.3, -0.25) is 9.18 Å². The molecule has 0 spiro atoms. The Labute approximate surface area is 227 Å². The number of ether oxygens (including phenoxy) is 3. The van der Waals surface area contributed by atoms with E-state index in [0.717, 1.165) is 41.5 Å². The van der Waals surface area contributed by atoms with Crippen molar-refractivity contribution in [2.24, 2.45) is 0 Å². The third kappa shape index (κ3) is 18.4. The monoisotopic (exact) mass is 558 g/mol. The van der Waals surface area contributed by atoms with Crippen LogP contribution in [0.4, 0.5) is 13.4 Å². The Morgan fingerprint density at radius 3 is 2.05 bits per heavy atom. The molecular formula is C28H37F3O8. The lowest BCUT2D eigenvalue weighted by Gasteiger charge is -2.15. The number of halogens is 3. The highest BCUT2D eigenvalue weighted by atomic mass is 19.3. The van der Waals surface area contributed by atoms with Gasteiger partial charge in [0.05, 0.1) is 6.67 Å². The number of unbranched alkanes of at least 4 members (excludes halogenated alkanes) is 1. The van der Waals surface area contributed by atoms with Crippen LogP contribution in [-0.2, 0) is 42.1 Å². The highest BCUT2D eigenvalue weighted by Gasteiger charge is 2.10. The fraction of sp³-hybridized carbons (Fsp3) is 0.357. The summed E-state index contributed by atoms with van der Waals surface area (Å²) in [6.07, 6.45) is 6.51. The molecule has 0 aromatic heterocycles. The molecule has 2 aromatic carbocycles. The highest BCUT2D eigenvalue weighted by molar-refractivity contribution is 5.71. The predicted molar refractivity (Wildman–Crippen MR) is 142 cm³/mol. The summed E-state index contributed by atoms with van der Waals surface area (Å²) in [5.41, 5.74) is 3.98. The van der Waals surface area contributed by atoms with E-state index in [2.05, 4.69) is 34.1 Å². The molecule has 2 aromatic rings. The quantitative estimate of drug-likeness (QED) is 0.0415. The van der Waals surface area contributed by atoms with Crippen molar-refractivity contribution in [3.05, 3.63) is 72.8 Å². The van der Waals surface area contributed by atoms with Crippen LogP contribution in [0.3, 0.4) is 0 Å². The van der Waals surface area contributed by atoms with E-state index in [9.17, 15) is 13.4 Å². The van der Waals surface area contributed by atoms with Crippen LogP contribution in [0.1, 0.15) is 37.8 Å². The fourth-order valence-electron chi connectivity index (χ4n) is 2.98. The first-order chi connectivity index (χ1) is 19.0. The molecule has 0 unspecified atom stereocenters. The van der Waals surface area contributed by atoms with Crippen LogP contribution in [0, 0.1) is 0 Å². The molecule has 218 valence electrons. The first-order valence-electron chi connectivity index (χ1n) is 11.8. The van der Waals surface area contributed by atoms with Gasteiger partial charge in [0.1, 0.15) is 24.6 Å². The molecule has 2 rings (SSSR count). The molecule has 0 aliphatic rings. The predicted octanol–water partition coefficient (Wildman–Crippen LogP) is 6.97. The maximum atomic E-state index is 12.3. The van der Waals surface area contributed by atoms with Crippen LogP contribution in [-0.4, -0.2) is 40.1 Å². The Kier molecular flexibility index (Phi) is 26.6. The lowest BCUT2D eigenvalue weighted by atomic mass is 9.94. The number of carbonyl (C=O) groups is 2. The van der Waals surface area contributed by atoms with E-state index in [0.29, 0.717) is 24.2 Å². The van der Waals surface area contributed by atoms with Crippen LogP contribution in [0.25, 0.3) is 11.1 Å². The summed E-state index contributed by atoms with van der Waals surface area (Å²) in [5, 5.41) is 3.04. The topological polar surface area (TPSA) is 89.5 Å². The zero-order chi connectivity index (χ0) is 29.7. The minimum atomic E-state index is -0.561. The number of rotatable bonds is 16. The van der Waals surface area contributed by atoms with Crippen molar-refractivity contribution in [1.82, 2.24) is 0 Å². The van der Waals surface area contributed by atoms with Gasteiger partial charge in [0.15, 0.2) is 13.6 Å². The molecule has 8 nitrogen and oxygen atoms in total. The van der Waals surface area contributed by atoms with Gasteiger partial charge in [0, 0.05) is 6.07 Å². The molecule has 0 saturated heterocycles. The maximum Gasteiger partial charge on any atom is 0.224 e. The van der Waals surface area contributed by atoms with Crippen LogP contribution in [0.5, 0.6) is 11.5 Å². The van der Waals surface area contributed by atoms with Crippen LogP contribution in [0.2, 0.25) is 0 Å². The molecule has 39 heavy (non-hydrogen) atoms. The Balaban J connectivity index is 0. The lowest BCUT2D eigenvalue weighted by molar-refractivity contribution is -0.445. The van der Waals surface area contributed by atoms with Crippen molar-refractivity contribution < 1.29 is 52.2 Å². The molecular weight excluding hydrogens is 521 g/mol. The van der Waals surface area contributed by atoms with Gasteiger partial charge in [0.2, 0.25) is 6.79 Å². The molecule has 0 saturated carbocycles. The van der Waals surface area contributed by atoms with Gasteiger partial charge in [-0.2, -0.15) is 9.83 Å². The van der Waals surface area contributed by atoms with Gasteiger partial charge in [0.25, 0.3) is 0 Å². The summed E-state index contributed by atoms with van der Waals surface area (Å²) in [4.78, 5) is 24.5. The lowest BCUT2D eigenvalue weighted by Crippen LogP contribution is -2.05. The third-order valence-corrected chi connectivity index (χ3v) is 4.44. The molecule has 0 bridgehead atoms. The summed E-state index contributed by atoms with van der Waals surface area (Å²) >= 11 is 0. The van der Waals surface area contributed by atoms with E-state index < -0.39 is 13.6 Å². The molecule has 0 aliphatic carbocycles. The van der Waals surface area contributed by atoms with E-state index in [-0.39, 0.29) is 13.5 Å². The number of hydrogen-bond donors (Lipinski definition) is 0. The zero-order valence-electron chi connectivity index (χ0n) is 22.4. The first kappa shape index (κ1) is 37.6.